The Morgan fingerprint density at radius 3 is 2.13 bits per heavy atom. The molecule has 1 saturated heterocycles. The van der Waals surface area contributed by atoms with Crippen LogP contribution >= 0.6 is 0 Å². The maximum Gasteiger partial charge on any atom is 0.308 e. The van der Waals surface area contributed by atoms with Crippen LogP contribution in [0, 0.1) is 23.2 Å². The average Bonchev–Trinajstić information content (AvgIpc) is 2.99. The van der Waals surface area contributed by atoms with Gasteiger partial charge >= 0.3 is 5.97 Å². The lowest BCUT2D eigenvalue weighted by Crippen LogP contribution is -2.57. The van der Waals surface area contributed by atoms with Gasteiger partial charge in [0.2, 0.25) is 11.8 Å². The quantitative estimate of drug-likeness (QED) is 0.0873. The fourth-order valence-corrected chi connectivity index (χ4v) is 6.67. The highest BCUT2D eigenvalue weighted by molar-refractivity contribution is 5.82. The number of amides is 2. The largest absolute Gasteiger partial charge is 0.481 e. The summed E-state index contributed by atoms with van der Waals surface area (Å²) in [5.74, 6) is -3.27. The van der Waals surface area contributed by atoms with E-state index in [-0.39, 0.29) is 36.2 Å². The lowest BCUT2D eigenvalue weighted by Gasteiger charge is -2.45. The van der Waals surface area contributed by atoms with Gasteiger partial charge in [0, 0.05) is 23.9 Å². The number of nitrogens with one attached hydrogen (secondary N) is 2. The number of carbonyl (C=O) groups is 3. The first-order chi connectivity index (χ1) is 21.4. The van der Waals surface area contributed by atoms with Gasteiger partial charge in [0.15, 0.2) is 5.79 Å². The fourth-order valence-electron chi connectivity index (χ4n) is 6.67. The van der Waals surface area contributed by atoms with E-state index in [0.29, 0.717) is 13.0 Å². The van der Waals surface area contributed by atoms with E-state index in [0.717, 1.165) is 44.9 Å². The van der Waals surface area contributed by atoms with Crippen molar-refractivity contribution >= 4 is 17.8 Å². The molecule has 8 heteroatoms. The standard InChI is InChI=1S/C37H66N2O6/c1-7-8-9-10-11-12-13-14-15-16-17-18-19-20-23-28(2)33(40)39-31-25-22-21-24-29(31)30(35(42)43)26-38-34(41)32-36(3,4)27-44-37(5,6)45-32/h14-15,28-32H,7-13,16-27H2,1-6H3,(H,38,41)(H,39,40)(H,42,43). The lowest BCUT2D eigenvalue weighted by atomic mass is 9.76. The molecule has 0 bridgehead atoms. The van der Waals surface area contributed by atoms with Gasteiger partial charge in [-0.3, -0.25) is 14.4 Å². The number of hydrogen-bond acceptors (Lipinski definition) is 5. The number of hydrogen-bond donors (Lipinski definition) is 3. The molecule has 0 radical (unpaired) electrons. The average molecular weight is 635 g/mol. The van der Waals surface area contributed by atoms with Crippen molar-refractivity contribution in [3.63, 3.8) is 0 Å². The van der Waals surface area contributed by atoms with Crippen molar-refractivity contribution in [2.75, 3.05) is 13.2 Å². The minimum absolute atomic E-state index is 0.00617. The molecule has 5 atom stereocenters. The summed E-state index contributed by atoms with van der Waals surface area (Å²) in [5.41, 5.74) is -0.542. The van der Waals surface area contributed by atoms with E-state index in [1.165, 1.54) is 57.8 Å². The van der Waals surface area contributed by atoms with Crippen molar-refractivity contribution in [2.24, 2.45) is 23.2 Å². The molecule has 5 unspecified atom stereocenters. The molecule has 2 fully saturated rings. The number of carboxylic acid groups (broad SMARTS) is 1. The summed E-state index contributed by atoms with van der Waals surface area (Å²) in [4.78, 5) is 38.8. The van der Waals surface area contributed by atoms with Crippen LogP contribution in [0.1, 0.15) is 151 Å². The van der Waals surface area contributed by atoms with E-state index < -0.39 is 29.2 Å². The van der Waals surface area contributed by atoms with Crippen molar-refractivity contribution in [1.82, 2.24) is 10.6 Å². The van der Waals surface area contributed by atoms with E-state index in [1.54, 1.807) is 13.8 Å². The first-order valence-corrected chi connectivity index (χ1v) is 18.2. The first-order valence-electron chi connectivity index (χ1n) is 18.2. The number of rotatable bonds is 21. The summed E-state index contributed by atoms with van der Waals surface area (Å²) < 4.78 is 11.7. The second-order valence-corrected chi connectivity index (χ2v) is 14.8. The van der Waals surface area contributed by atoms with Crippen LogP contribution in [-0.2, 0) is 23.9 Å². The number of aliphatic carboxylic acids is 1. The van der Waals surface area contributed by atoms with E-state index >= 15 is 0 Å². The number of ether oxygens (including phenoxy) is 2. The van der Waals surface area contributed by atoms with Crippen LogP contribution in [0.2, 0.25) is 0 Å². The zero-order valence-corrected chi connectivity index (χ0v) is 29.5. The zero-order chi connectivity index (χ0) is 33.3. The lowest BCUT2D eigenvalue weighted by molar-refractivity contribution is -0.304. The molecule has 0 aromatic carbocycles. The molecule has 8 nitrogen and oxygen atoms in total. The Morgan fingerprint density at radius 1 is 0.889 bits per heavy atom. The highest BCUT2D eigenvalue weighted by atomic mass is 16.7. The van der Waals surface area contributed by atoms with Gasteiger partial charge in [-0.2, -0.15) is 0 Å². The number of carboxylic acids is 1. The Morgan fingerprint density at radius 2 is 1.49 bits per heavy atom. The highest BCUT2D eigenvalue weighted by Gasteiger charge is 2.46. The molecule has 1 aliphatic heterocycles. The van der Waals surface area contributed by atoms with Crippen molar-refractivity contribution in [3.05, 3.63) is 12.2 Å². The molecular formula is C37H66N2O6. The van der Waals surface area contributed by atoms with Crippen molar-refractivity contribution in [2.45, 2.75) is 169 Å². The van der Waals surface area contributed by atoms with Gasteiger partial charge in [-0.15, -0.1) is 0 Å². The Hall–Kier alpha value is -1.93. The normalized spacial score (nSPS) is 24.2. The molecule has 2 amide bonds. The van der Waals surface area contributed by atoms with Gasteiger partial charge in [-0.05, 0) is 64.7 Å². The van der Waals surface area contributed by atoms with E-state index in [9.17, 15) is 19.5 Å². The second kappa shape index (κ2) is 20.3. The first kappa shape index (κ1) is 39.2. The maximum atomic E-state index is 13.2. The van der Waals surface area contributed by atoms with Crippen LogP contribution < -0.4 is 10.6 Å². The van der Waals surface area contributed by atoms with Gasteiger partial charge in [0.05, 0.1) is 12.5 Å². The minimum Gasteiger partial charge on any atom is -0.481 e. The smallest absolute Gasteiger partial charge is 0.308 e. The van der Waals surface area contributed by atoms with Crippen molar-refractivity contribution in [3.8, 4) is 0 Å². The molecule has 1 heterocycles. The molecule has 2 rings (SSSR count). The van der Waals surface area contributed by atoms with Crippen molar-refractivity contribution < 1.29 is 29.0 Å². The summed E-state index contributed by atoms with van der Waals surface area (Å²) in [6.45, 7) is 12.0. The molecule has 260 valence electrons. The third-order valence-corrected chi connectivity index (χ3v) is 9.72. The van der Waals surface area contributed by atoms with Crippen LogP contribution in [-0.4, -0.2) is 54.0 Å². The summed E-state index contributed by atoms with van der Waals surface area (Å²) in [6.07, 6.45) is 23.0. The maximum absolute atomic E-state index is 13.2. The predicted molar refractivity (Wildman–Crippen MR) is 181 cm³/mol. The Kier molecular flexibility index (Phi) is 17.7. The summed E-state index contributed by atoms with van der Waals surface area (Å²) >= 11 is 0. The predicted octanol–water partition coefficient (Wildman–Crippen LogP) is 7.94. The summed E-state index contributed by atoms with van der Waals surface area (Å²) in [7, 11) is 0. The molecule has 2 aliphatic rings. The number of unbranched alkanes of at least 4 members (excludes halogenated alkanes) is 10. The number of allylic oxidation sites excluding steroid dienone is 2. The van der Waals surface area contributed by atoms with Gasteiger partial charge < -0.3 is 25.2 Å². The third-order valence-electron chi connectivity index (χ3n) is 9.72. The molecule has 1 aliphatic carbocycles. The number of carbonyl (C=O) groups excluding carboxylic acids is 2. The molecular weight excluding hydrogens is 568 g/mol. The summed E-state index contributed by atoms with van der Waals surface area (Å²) in [5, 5.41) is 16.3. The summed E-state index contributed by atoms with van der Waals surface area (Å²) in [6, 6.07) is -0.204. The SMILES string of the molecule is CCCCCCCCC=CCCCCCCC(C)C(=O)NC1CCCCC1C(CNC(=O)C1OC(C)(C)OCC1(C)C)C(=O)O. The van der Waals surface area contributed by atoms with E-state index in [4.69, 9.17) is 9.47 Å². The zero-order valence-electron chi connectivity index (χ0n) is 29.5. The molecule has 1 saturated carbocycles. The second-order valence-electron chi connectivity index (χ2n) is 14.8. The Balaban J connectivity index is 1.74. The van der Waals surface area contributed by atoms with Crippen LogP contribution in [0.5, 0.6) is 0 Å². The van der Waals surface area contributed by atoms with Crippen LogP contribution in [0.15, 0.2) is 12.2 Å². The van der Waals surface area contributed by atoms with Crippen LogP contribution in [0.3, 0.4) is 0 Å². The Labute approximate surface area is 274 Å². The fraction of sp³-hybridized carbons (Fsp3) is 0.865. The molecule has 0 aromatic rings. The molecule has 3 N–H and O–H groups in total. The van der Waals surface area contributed by atoms with E-state index in [2.05, 4.69) is 29.7 Å². The molecule has 0 spiro atoms. The molecule has 45 heavy (non-hydrogen) atoms. The van der Waals surface area contributed by atoms with Gasteiger partial charge in [-0.1, -0.05) is 104 Å². The monoisotopic (exact) mass is 634 g/mol. The Bertz CT molecular complexity index is 917. The molecule has 0 aromatic heterocycles. The third kappa shape index (κ3) is 14.6. The van der Waals surface area contributed by atoms with Crippen LogP contribution in [0.25, 0.3) is 0 Å². The van der Waals surface area contributed by atoms with E-state index in [1.807, 2.05) is 20.8 Å². The van der Waals surface area contributed by atoms with Gasteiger partial charge in [0.25, 0.3) is 0 Å². The van der Waals surface area contributed by atoms with Gasteiger partial charge in [-0.25, -0.2) is 0 Å². The highest BCUT2D eigenvalue weighted by Crippen LogP contribution is 2.35. The minimum atomic E-state index is -0.945. The topological polar surface area (TPSA) is 114 Å². The van der Waals surface area contributed by atoms with Crippen LogP contribution in [0.4, 0.5) is 0 Å². The van der Waals surface area contributed by atoms with Gasteiger partial charge in [0.1, 0.15) is 6.10 Å². The van der Waals surface area contributed by atoms with Crippen molar-refractivity contribution in [1.29, 1.82) is 0 Å².